The molecule has 1 aliphatic rings. The SMILES string of the molecule is Cn1cc2c(c1Br)CCCC2(O)CCN. The molecule has 3 nitrogen and oxygen atoms in total. The van der Waals surface area contributed by atoms with E-state index in [0.29, 0.717) is 13.0 Å². The molecule has 1 aliphatic carbocycles. The van der Waals surface area contributed by atoms with E-state index in [9.17, 15) is 5.11 Å². The van der Waals surface area contributed by atoms with Gasteiger partial charge >= 0.3 is 0 Å². The summed E-state index contributed by atoms with van der Waals surface area (Å²) in [5.41, 5.74) is 7.18. The van der Waals surface area contributed by atoms with E-state index in [2.05, 4.69) is 15.9 Å². The molecule has 1 aromatic rings. The Kier molecular flexibility index (Phi) is 2.92. The van der Waals surface area contributed by atoms with Crippen LogP contribution in [0.1, 0.15) is 30.4 Å². The van der Waals surface area contributed by atoms with Crippen molar-refractivity contribution < 1.29 is 5.11 Å². The highest BCUT2D eigenvalue weighted by Crippen LogP contribution is 2.41. The van der Waals surface area contributed by atoms with Crippen LogP contribution in [-0.4, -0.2) is 16.2 Å². The van der Waals surface area contributed by atoms with Gasteiger partial charge in [-0.05, 0) is 53.7 Å². The van der Waals surface area contributed by atoms with Gasteiger partial charge in [-0.1, -0.05) is 0 Å². The van der Waals surface area contributed by atoms with Gasteiger partial charge in [0.2, 0.25) is 0 Å². The van der Waals surface area contributed by atoms with Gasteiger partial charge in [-0.15, -0.1) is 0 Å². The van der Waals surface area contributed by atoms with Gasteiger partial charge in [-0.25, -0.2) is 0 Å². The molecule has 0 fully saturated rings. The third-order valence-electron chi connectivity index (χ3n) is 3.28. The van der Waals surface area contributed by atoms with Gasteiger partial charge in [0.15, 0.2) is 0 Å². The lowest BCUT2D eigenvalue weighted by Crippen LogP contribution is -2.32. The zero-order valence-electron chi connectivity index (χ0n) is 8.96. The Hall–Kier alpha value is -0.320. The highest BCUT2D eigenvalue weighted by Gasteiger charge is 2.35. The van der Waals surface area contributed by atoms with E-state index in [0.717, 1.165) is 29.4 Å². The lowest BCUT2D eigenvalue weighted by Gasteiger charge is -2.32. The van der Waals surface area contributed by atoms with Gasteiger partial charge in [-0.3, -0.25) is 0 Å². The highest BCUT2D eigenvalue weighted by molar-refractivity contribution is 9.10. The van der Waals surface area contributed by atoms with E-state index < -0.39 is 5.60 Å². The quantitative estimate of drug-likeness (QED) is 0.861. The van der Waals surface area contributed by atoms with E-state index in [1.54, 1.807) is 0 Å². The molecule has 0 aliphatic heterocycles. The number of fused-ring (bicyclic) bond motifs is 1. The van der Waals surface area contributed by atoms with Crippen LogP contribution in [0.4, 0.5) is 0 Å². The zero-order valence-corrected chi connectivity index (χ0v) is 10.5. The van der Waals surface area contributed by atoms with Crippen molar-refractivity contribution in [2.75, 3.05) is 6.54 Å². The van der Waals surface area contributed by atoms with Crippen LogP contribution in [-0.2, 0) is 19.1 Å². The molecule has 0 saturated heterocycles. The van der Waals surface area contributed by atoms with Crippen molar-refractivity contribution >= 4 is 15.9 Å². The van der Waals surface area contributed by atoms with E-state index in [-0.39, 0.29) is 0 Å². The lowest BCUT2D eigenvalue weighted by atomic mass is 9.79. The number of aromatic nitrogens is 1. The number of hydrogen-bond acceptors (Lipinski definition) is 2. The van der Waals surface area contributed by atoms with E-state index in [1.165, 1.54) is 5.56 Å². The van der Waals surface area contributed by atoms with Gasteiger partial charge in [0.05, 0.1) is 10.2 Å². The van der Waals surface area contributed by atoms with Crippen molar-refractivity contribution in [1.29, 1.82) is 0 Å². The molecule has 0 bridgehead atoms. The van der Waals surface area contributed by atoms with Gasteiger partial charge in [0.25, 0.3) is 0 Å². The molecule has 84 valence electrons. The number of nitrogens with zero attached hydrogens (tertiary/aromatic N) is 1. The van der Waals surface area contributed by atoms with Gasteiger partial charge in [0.1, 0.15) is 0 Å². The number of aliphatic hydroxyl groups is 1. The maximum atomic E-state index is 10.5. The summed E-state index contributed by atoms with van der Waals surface area (Å²) in [5.74, 6) is 0. The molecular formula is C11H17BrN2O. The molecule has 0 radical (unpaired) electrons. The monoisotopic (exact) mass is 272 g/mol. The molecule has 1 aromatic heterocycles. The number of hydrogen-bond donors (Lipinski definition) is 2. The Morgan fingerprint density at radius 3 is 3.07 bits per heavy atom. The standard InChI is InChI=1S/C11H17BrN2O/c1-14-7-9-8(10(14)12)3-2-4-11(9,15)5-6-13/h7,15H,2-6,13H2,1H3. The average molecular weight is 273 g/mol. The van der Waals surface area contributed by atoms with Crippen LogP contribution in [0.25, 0.3) is 0 Å². The molecule has 0 saturated carbocycles. The number of aryl methyl sites for hydroxylation is 1. The fourth-order valence-corrected chi connectivity index (χ4v) is 3.00. The van der Waals surface area contributed by atoms with E-state index >= 15 is 0 Å². The van der Waals surface area contributed by atoms with Gasteiger partial charge in [-0.2, -0.15) is 0 Å². The Labute approximate surface area is 98.4 Å². The van der Waals surface area contributed by atoms with Crippen LogP contribution < -0.4 is 5.73 Å². The minimum atomic E-state index is -0.702. The normalized spacial score (nSPS) is 25.3. The fourth-order valence-electron chi connectivity index (χ4n) is 2.48. The first-order chi connectivity index (χ1) is 7.08. The predicted octanol–water partition coefficient (Wildman–Crippen LogP) is 1.66. The summed E-state index contributed by atoms with van der Waals surface area (Å²) in [7, 11) is 1.99. The average Bonchev–Trinajstić information content (AvgIpc) is 2.47. The zero-order chi connectivity index (χ0) is 11.1. The second kappa shape index (κ2) is 3.92. The topological polar surface area (TPSA) is 51.2 Å². The van der Waals surface area contributed by atoms with Crippen molar-refractivity contribution in [2.24, 2.45) is 12.8 Å². The summed E-state index contributed by atoms with van der Waals surface area (Å²) in [5, 5.41) is 10.5. The summed E-state index contributed by atoms with van der Waals surface area (Å²) in [6, 6.07) is 0. The van der Waals surface area contributed by atoms with Crippen molar-refractivity contribution in [2.45, 2.75) is 31.3 Å². The summed E-state index contributed by atoms with van der Waals surface area (Å²) in [4.78, 5) is 0. The second-order valence-corrected chi connectivity index (χ2v) is 5.10. The van der Waals surface area contributed by atoms with Crippen molar-refractivity contribution in [1.82, 2.24) is 4.57 Å². The maximum absolute atomic E-state index is 10.5. The maximum Gasteiger partial charge on any atom is 0.0926 e. The van der Waals surface area contributed by atoms with E-state index in [4.69, 9.17) is 5.73 Å². The second-order valence-electron chi connectivity index (χ2n) is 4.35. The smallest absolute Gasteiger partial charge is 0.0926 e. The van der Waals surface area contributed by atoms with Crippen LogP contribution in [0.15, 0.2) is 10.8 Å². The molecule has 2 rings (SSSR count). The van der Waals surface area contributed by atoms with Gasteiger partial charge in [0, 0.05) is 18.8 Å². The van der Waals surface area contributed by atoms with E-state index in [1.807, 2.05) is 17.8 Å². The summed E-state index contributed by atoms with van der Waals surface area (Å²) in [6.07, 6.45) is 5.58. The molecule has 15 heavy (non-hydrogen) atoms. The lowest BCUT2D eigenvalue weighted by molar-refractivity contribution is 0.0127. The minimum absolute atomic E-state index is 0.530. The van der Waals surface area contributed by atoms with Crippen LogP contribution in [0.3, 0.4) is 0 Å². The van der Waals surface area contributed by atoms with Crippen molar-refractivity contribution in [3.63, 3.8) is 0 Å². The van der Waals surface area contributed by atoms with Crippen LogP contribution in [0.2, 0.25) is 0 Å². The minimum Gasteiger partial charge on any atom is -0.385 e. The number of rotatable bonds is 2. The predicted molar refractivity (Wildman–Crippen MR) is 63.6 cm³/mol. The first-order valence-electron chi connectivity index (χ1n) is 5.35. The highest BCUT2D eigenvalue weighted by atomic mass is 79.9. The van der Waals surface area contributed by atoms with Gasteiger partial charge < -0.3 is 15.4 Å². The van der Waals surface area contributed by atoms with Crippen LogP contribution in [0, 0.1) is 0 Å². The third-order valence-corrected chi connectivity index (χ3v) is 4.32. The molecule has 1 heterocycles. The number of nitrogens with two attached hydrogens (primary N) is 1. The fraction of sp³-hybridized carbons (Fsp3) is 0.636. The largest absolute Gasteiger partial charge is 0.385 e. The summed E-state index contributed by atoms with van der Waals surface area (Å²) < 4.78 is 3.12. The van der Waals surface area contributed by atoms with Crippen LogP contribution in [0.5, 0.6) is 0 Å². The molecular weight excluding hydrogens is 256 g/mol. The third kappa shape index (κ3) is 1.75. The Morgan fingerprint density at radius 1 is 1.67 bits per heavy atom. The van der Waals surface area contributed by atoms with Crippen molar-refractivity contribution in [3.05, 3.63) is 21.9 Å². The first-order valence-corrected chi connectivity index (χ1v) is 6.14. The molecule has 0 spiro atoms. The van der Waals surface area contributed by atoms with Crippen LogP contribution >= 0.6 is 15.9 Å². The molecule has 3 N–H and O–H groups in total. The Balaban J connectivity index is 2.46. The molecule has 4 heteroatoms. The summed E-state index contributed by atoms with van der Waals surface area (Å²) >= 11 is 3.56. The molecule has 0 amide bonds. The first kappa shape index (κ1) is 11.2. The Bertz CT molecular complexity index is 375. The van der Waals surface area contributed by atoms with Crippen molar-refractivity contribution in [3.8, 4) is 0 Å². The Morgan fingerprint density at radius 2 is 2.40 bits per heavy atom. The summed E-state index contributed by atoms with van der Waals surface area (Å²) in [6.45, 7) is 0.530. The molecule has 1 atom stereocenters. The molecule has 0 aromatic carbocycles. The molecule has 1 unspecified atom stereocenters. The number of halogens is 1.